The first-order valence-electron chi connectivity index (χ1n) is 8.44. The van der Waals surface area contributed by atoms with E-state index >= 15 is 0 Å². The number of hydrogen-bond donors (Lipinski definition) is 0. The predicted octanol–water partition coefficient (Wildman–Crippen LogP) is 4.46. The van der Waals surface area contributed by atoms with Crippen molar-refractivity contribution >= 4 is 28.2 Å². The highest BCUT2D eigenvalue weighted by atomic mass is 32.1. The fourth-order valence-corrected chi connectivity index (χ4v) is 3.52. The van der Waals surface area contributed by atoms with Gasteiger partial charge in [0, 0.05) is 18.7 Å². The van der Waals surface area contributed by atoms with Crippen LogP contribution in [0.15, 0.2) is 54.6 Å². The van der Waals surface area contributed by atoms with Crippen molar-refractivity contribution in [3.05, 3.63) is 60.3 Å². The van der Waals surface area contributed by atoms with Gasteiger partial charge in [-0.25, -0.2) is 9.97 Å². The standard InChI is InChI=1S/C20H19N3S/c24-20(23-13-7-2-8-14-23)19-18(15-9-3-1-4-10-15)21-16-11-5-6-12-17(16)22-19/h1,3-6,9-12H,2,7-8,13-14H2. The van der Waals surface area contributed by atoms with Gasteiger partial charge in [-0.3, -0.25) is 0 Å². The Morgan fingerprint density at radius 1 is 0.792 bits per heavy atom. The van der Waals surface area contributed by atoms with Crippen LogP contribution in [0.4, 0.5) is 0 Å². The minimum atomic E-state index is 0.826. The van der Waals surface area contributed by atoms with Crippen LogP contribution in [0.25, 0.3) is 22.3 Å². The molecule has 4 rings (SSSR count). The molecule has 24 heavy (non-hydrogen) atoms. The van der Waals surface area contributed by atoms with E-state index in [0.29, 0.717) is 0 Å². The lowest BCUT2D eigenvalue weighted by Crippen LogP contribution is -2.35. The van der Waals surface area contributed by atoms with Gasteiger partial charge in [-0.2, -0.15) is 0 Å². The third kappa shape index (κ3) is 2.89. The summed E-state index contributed by atoms with van der Waals surface area (Å²) >= 11 is 5.81. The summed E-state index contributed by atoms with van der Waals surface area (Å²) in [7, 11) is 0. The van der Waals surface area contributed by atoms with Crippen LogP contribution < -0.4 is 0 Å². The molecule has 0 amide bonds. The number of benzene rings is 2. The Morgan fingerprint density at radius 2 is 1.42 bits per heavy atom. The van der Waals surface area contributed by atoms with E-state index < -0.39 is 0 Å². The first-order valence-corrected chi connectivity index (χ1v) is 8.85. The molecule has 0 unspecified atom stereocenters. The van der Waals surface area contributed by atoms with E-state index in [4.69, 9.17) is 22.2 Å². The Labute approximate surface area is 147 Å². The molecule has 0 saturated carbocycles. The van der Waals surface area contributed by atoms with E-state index in [1.165, 1.54) is 19.3 Å². The summed E-state index contributed by atoms with van der Waals surface area (Å²) in [6.45, 7) is 2.03. The maximum Gasteiger partial charge on any atom is 0.130 e. The molecule has 1 aromatic heterocycles. The van der Waals surface area contributed by atoms with Gasteiger partial charge in [-0.15, -0.1) is 0 Å². The zero-order valence-corrected chi connectivity index (χ0v) is 14.3. The molecule has 4 heteroatoms. The Kier molecular flexibility index (Phi) is 4.22. The second-order valence-corrected chi connectivity index (χ2v) is 6.52. The summed E-state index contributed by atoms with van der Waals surface area (Å²) in [4.78, 5) is 12.9. The van der Waals surface area contributed by atoms with Gasteiger partial charge in [0.2, 0.25) is 0 Å². The van der Waals surface area contributed by atoms with Gasteiger partial charge in [0.15, 0.2) is 0 Å². The van der Waals surface area contributed by atoms with Crippen LogP contribution in [0, 0.1) is 0 Å². The van der Waals surface area contributed by atoms with E-state index in [0.717, 1.165) is 46.1 Å². The second-order valence-electron chi connectivity index (χ2n) is 6.13. The molecule has 3 aromatic rings. The molecule has 0 N–H and O–H groups in total. The van der Waals surface area contributed by atoms with Crippen molar-refractivity contribution in [2.24, 2.45) is 0 Å². The van der Waals surface area contributed by atoms with Crippen molar-refractivity contribution in [1.82, 2.24) is 14.9 Å². The van der Waals surface area contributed by atoms with Gasteiger partial charge in [-0.05, 0) is 31.4 Å². The summed E-state index contributed by atoms with van der Waals surface area (Å²) in [6.07, 6.45) is 3.68. The monoisotopic (exact) mass is 333 g/mol. The normalized spacial score (nSPS) is 14.8. The number of para-hydroxylation sites is 2. The zero-order chi connectivity index (χ0) is 16.4. The van der Waals surface area contributed by atoms with Gasteiger partial charge in [0.1, 0.15) is 10.7 Å². The van der Waals surface area contributed by atoms with Crippen LogP contribution in [0.5, 0.6) is 0 Å². The molecule has 1 aliphatic rings. The summed E-state index contributed by atoms with van der Waals surface area (Å²) < 4.78 is 0. The lowest BCUT2D eigenvalue weighted by Gasteiger charge is -2.29. The van der Waals surface area contributed by atoms with Crippen LogP contribution in [0.2, 0.25) is 0 Å². The molecule has 0 radical (unpaired) electrons. The molecule has 120 valence electrons. The first-order chi connectivity index (χ1) is 11.8. The van der Waals surface area contributed by atoms with E-state index in [1.807, 2.05) is 42.5 Å². The van der Waals surface area contributed by atoms with Crippen molar-refractivity contribution in [2.45, 2.75) is 19.3 Å². The summed E-state index contributed by atoms with van der Waals surface area (Å²) in [5.74, 6) is 0. The number of piperidine rings is 1. The topological polar surface area (TPSA) is 29.0 Å². The van der Waals surface area contributed by atoms with E-state index in [9.17, 15) is 0 Å². The lowest BCUT2D eigenvalue weighted by molar-refractivity contribution is 0.347. The van der Waals surface area contributed by atoms with E-state index in [-0.39, 0.29) is 0 Å². The number of fused-ring (bicyclic) bond motifs is 1. The Bertz CT molecular complexity index is 870. The summed E-state index contributed by atoms with van der Waals surface area (Å²) in [5.41, 5.74) is 4.57. The minimum absolute atomic E-state index is 0.826. The van der Waals surface area contributed by atoms with Crippen LogP contribution in [0.3, 0.4) is 0 Å². The van der Waals surface area contributed by atoms with Gasteiger partial charge in [0.05, 0.1) is 16.7 Å². The highest BCUT2D eigenvalue weighted by Gasteiger charge is 2.21. The third-order valence-electron chi connectivity index (χ3n) is 4.46. The van der Waals surface area contributed by atoms with Crippen LogP contribution in [0.1, 0.15) is 25.0 Å². The smallest absolute Gasteiger partial charge is 0.130 e. The molecule has 0 bridgehead atoms. The lowest BCUT2D eigenvalue weighted by atomic mass is 10.1. The van der Waals surface area contributed by atoms with Crippen LogP contribution in [-0.4, -0.2) is 32.9 Å². The van der Waals surface area contributed by atoms with Crippen molar-refractivity contribution in [3.63, 3.8) is 0 Å². The molecular formula is C20H19N3S. The summed E-state index contributed by atoms with van der Waals surface area (Å²) in [6, 6.07) is 18.2. The van der Waals surface area contributed by atoms with Crippen molar-refractivity contribution in [1.29, 1.82) is 0 Å². The molecule has 0 spiro atoms. The zero-order valence-electron chi connectivity index (χ0n) is 13.5. The number of aromatic nitrogens is 2. The Balaban J connectivity index is 1.86. The highest BCUT2D eigenvalue weighted by molar-refractivity contribution is 7.80. The van der Waals surface area contributed by atoms with E-state index in [2.05, 4.69) is 17.0 Å². The van der Waals surface area contributed by atoms with Gasteiger partial charge < -0.3 is 4.90 Å². The largest absolute Gasteiger partial charge is 0.361 e. The molecule has 1 fully saturated rings. The van der Waals surface area contributed by atoms with Crippen LogP contribution >= 0.6 is 12.2 Å². The fraction of sp³-hybridized carbons (Fsp3) is 0.250. The van der Waals surface area contributed by atoms with Gasteiger partial charge >= 0.3 is 0 Å². The van der Waals surface area contributed by atoms with Crippen molar-refractivity contribution < 1.29 is 0 Å². The van der Waals surface area contributed by atoms with Gasteiger partial charge in [-0.1, -0.05) is 54.7 Å². The summed E-state index contributed by atoms with van der Waals surface area (Å²) in [5, 5.41) is 0. The number of nitrogens with zero attached hydrogens (tertiary/aromatic N) is 3. The Hall–Kier alpha value is -2.33. The average molecular weight is 333 g/mol. The van der Waals surface area contributed by atoms with Crippen LogP contribution in [-0.2, 0) is 0 Å². The van der Waals surface area contributed by atoms with E-state index in [1.54, 1.807) is 0 Å². The molecule has 0 atom stereocenters. The third-order valence-corrected chi connectivity index (χ3v) is 4.92. The molecule has 1 saturated heterocycles. The number of likely N-dealkylation sites (tertiary alicyclic amines) is 1. The number of rotatable bonds is 2. The fourth-order valence-electron chi connectivity index (χ4n) is 3.19. The second kappa shape index (κ2) is 6.65. The Morgan fingerprint density at radius 3 is 2.12 bits per heavy atom. The number of thiocarbonyl (C=S) groups is 1. The van der Waals surface area contributed by atoms with Crippen molar-refractivity contribution in [3.8, 4) is 11.3 Å². The molecular weight excluding hydrogens is 314 g/mol. The maximum absolute atomic E-state index is 5.81. The SMILES string of the molecule is S=C(c1nc2ccccc2nc1-c1ccccc1)N1CCCCC1. The maximum atomic E-state index is 5.81. The minimum Gasteiger partial charge on any atom is -0.361 e. The number of hydrogen-bond acceptors (Lipinski definition) is 3. The highest BCUT2D eigenvalue weighted by Crippen LogP contribution is 2.25. The van der Waals surface area contributed by atoms with Gasteiger partial charge in [0.25, 0.3) is 0 Å². The molecule has 2 heterocycles. The average Bonchev–Trinajstić information content (AvgIpc) is 2.68. The molecule has 0 aliphatic carbocycles. The predicted molar refractivity (Wildman–Crippen MR) is 102 cm³/mol. The molecule has 3 nitrogen and oxygen atoms in total. The first kappa shape index (κ1) is 15.2. The quantitative estimate of drug-likeness (QED) is 0.648. The van der Waals surface area contributed by atoms with Crippen molar-refractivity contribution in [2.75, 3.05) is 13.1 Å². The molecule has 2 aromatic carbocycles. The molecule has 1 aliphatic heterocycles.